The quantitative estimate of drug-likeness (QED) is 0.664. The van der Waals surface area contributed by atoms with Crippen LogP contribution >= 0.6 is 11.3 Å². The summed E-state index contributed by atoms with van der Waals surface area (Å²) in [4.78, 5) is 11.4. The predicted octanol–water partition coefficient (Wildman–Crippen LogP) is 1.90. The lowest BCUT2D eigenvalue weighted by Gasteiger charge is -1.93. The van der Waals surface area contributed by atoms with Gasteiger partial charge in [0.1, 0.15) is 10.6 Å². The number of carbonyl (C=O) groups is 1. The second-order valence-corrected chi connectivity index (χ2v) is 2.82. The maximum atomic E-state index is 10.9. The summed E-state index contributed by atoms with van der Waals surface area (Å²) in [5.41, 5.74) is 0.511. The molecule has 3 nitrogen and oxygen atoms in total. The molecule has 0 spiro atoms. The number of hydrogen-bond acceptors (Lipinski definition) is 5. The van der Waals surface area contributed by atoms with E-state index in [2.05, 4.69) is 21.5 Å². The van der Waals surface area contributed by atoms with E-state index < -0.39 is 0 Å². The Hall–Kier alpha value is -0.810. The number of nitrogens with zero attached hydrogens (tertiary/aromatic N) is 1. The lowest BCUT2D eigenvalue weighted by Crippen LogP contribution is -1.97. The van der Waals surface area contributed by atoms with Crippen LogP contribution < -0.4 is 0 Å². The van der Waals surface area contributed by atoms with Crippen molar-refractivity contribution in [1.29, 1.82) is 0 Å². The highest BCUT2D eigenvalue weighted by Gasteiger charge is 2.11. The van der Waals surface area contributed by atoms with Crippen molar-refractivity contribution < 1.29 is 9.53 Å². The first-order chi connectivity index (χ1) is 5.29. The smallest absolute Gasteiger partial charge is 0.350 e. The number of esters is 1. The first kappa shape index (κ1) is 8.29. The molecule has 11 heavy (non-hydrogen) atoms. The van der Waals surface area contributed by atoms with Gasteiger partial charge in [0.15, 0.2) is 0 Å². The van der Waals surface area contributed by atoms with E-state index in [1.54, 1.807) is 11.4 Å². The molecule has 0 aliphatic carbocycles. The van der Waals surface area contributed by atoms with Crippen molar-refractivity contribution in [3.63, 3.8) is 0 Å². The van der Waals surface area contributed by atoms with Gasteiger partial charge in [-0.15, -0.1) is 11.3 Å². The van der Waals surface area contributed by atoms with Crippen LogP contribution in [0.5, 0.6) is 0 Å². The summed E-state index contributed by atoms with van der Waals surface area (Å²) in [6.45, 7) is 0. The minimum absolute atomic E-state index is 0.386. The summed E-state index contributed by atoms with van der Waals surface area (Å²) in [6.07, 6.45) is 0. The molecule has 1 heterocycles. The molecule has 1 aromatic rings. The molecule has 0 fully saturated rings. The Morgan fingerprint density at radius 3 is 3.09 bits per heavy atom. The zero-order valence-electron chi connectivity index (χ0n) is 5.73. The highest BCUT2D eigenvalue weighted by Crippen LogP contribution is 2.25. The molecular weight excluding hydrogens is 182 g/mol. The van der Waals surface area contributed by atoms with Crippen molar-refractivity contribution in [3.8, 4) is 0 Å². The van der Waals surface area contributed by atoms with Crippen LogP contribution in [0.25, 0.3) is 0 Å². The van der Waals surface area contributed by atoms with E-state index in [-0.39, 0.29) is 5.97 Å². The van der Waals surface area contributed by atoms with Gasteiger partial charge in [0, 0.05) is 12.4 Å². The number of hydrogen-bond donors (Lipinski definition) is 0. The topological polar surface area (TPSA) is 38.7 Å². The van der Waals surface area contributed by atoms with Gasteiger partial charge in [0.25, 0.3) is 0 Å². The van der Waals surface area contributed by atoms with Crippen molar-refractivity contribution in [1.82, 2.24) is 0 Å². The average Bonchev–Trinajstić information content (AvgIpc) is 2.50. The van der Waals surface area contributed by atoms with E-state index in [0.717, 1.165) is 0 Å². The second-order valence-electron chi connectivity index (χ2n) is 1.72. The summed E-state index contributed by atoms with van der Waals surface area (Å²) in [6, 6.07) is 1.68. The number of rotatable bonds is 2. The Morgan fingerprint density at radius 1 is 1.82 bits per heavy atom. The van der Waals surface area contributed by atoms with E-state index >= 15 is 0 Å². The summed E-state index contributed by atoms with van der Waals surface area (Å²) >= 11 is 5.72. The molecular formula is C6H5NO2S2. The summed E-state index contributed by atoms with van der Waals surface area (Å²) in [7, 11) is 1.33. The van der Waals surface area contributed by atoms with Crippen LogP contribution in [0.1, 0.15) is 9.67 Å². The Balaban J connectivity index is 3.01. The standard InChI is InChI=1S/C6H5NO2S2/c1-9-6(8)5-4(7-10)2-3-11-5/h2-3H,1H3. The molecule has 0 amide bonds. The zero-order chi connectivity index (χ0) is 8.27. The minimum atomic E-state index is -0.386. The normalized spacial score (nSPS) is 9.18. The molecule has 5 heteroatoms. The number of thiophene rings is 1. The van der Waals surface area contributed by atoms with Gasteiger partial charge in [0.05, 0.1) is 7.11 Å². The lowest BCUT2D eigenvalue weighted by molar-refractivity contribution is 0.0607. The van der Waals surface area contributed by atoms with E-state index in [1.807, 2.05) is 0 Å². The van der Waals surface area contributed by atoms with Crippen LogP contribution in [0.15, 0.2) is 15.8 Å². The van der Waals surface area contributed by atoms with Crippen LogP contribution in [0.2, 0.25) is 0 Å². The fraction of sp³-hybridized carbons (Fsp3) is 0.167. The fourth-order valence-electron chi connectivity index (χ4n) is 0.620. The SMILES string of the molecule is COC(=O)c1sccc1N=S. The highest BCUT2D eigenvalue weighted by molar-refractivity contribution is 7.47. The molecule has 0 bridgehead atoms. The molecule has 0 saturated heterocycles. The molecule has 0 N–H and O–H groups in total. The van der Waals surface area contributed by atoms with E-state index in [4.69, 9.17) is 0 Å². The minimum Gasteiger partial charge on any atom is -0.465 e. The Kier molecular flexibility index (Phi) is 2.67. The van der Waals surface area contributed by atoms with Crippen LogP contribution in [-0.2, 0) is 17.2 Å². The van der Waals surface area contributed by atoms with Gasteiger partial charge in [-0.2, -0.15) is 4.36 Å². The molecule has 0 atom stereocenters. The second kappa shape index (κ2) is 3.54. The molecule has 0 unspecified atom stereocenters. The Bertz CT molecular complexity index is 282. The van der Waals surface area contributed by atoms with Gasteiger partial charge in [-0.1, -0.05) is 0 Å². The number of carbonyl (C=O) groups excluding carboxylic acids is 1. The van der Waals surface area contributed by atoms with Crippen LogP contribution in [0.3, 0.4) is 0 Å². The highest BCUT2D eigenvalue weighted by atomic mass is 32.1. The third kappa shape index (κ3) is 1.61. The Morgan fingerprint density at radius 2 is 2.55 bits per heavy atom. The monoisotopic (exact) mass is 187 g/mol. The molecule has 0 aromatic carbocycles. The third-order valence-electron chi connectivity index (χ3n) is 1.11. The van der Waals surface area contributed by atoms with Crippen molar-refractivity contribution in [2.75, 3.05) is 7.11 Å². The molecule has 58 valence electrons. The first-order valence-corrected chi connectivity index (χ1v) is 4.03. The Labute approximate surface area is 73.2 Å². The molecule has 0 saturated carbocycles. The lowest BCUT2D eigenvalue weighted by atomic mass is 10.4. The van der Waals surface area contributed by atoms with Gasteiger partial charge in [-0.25, -0.2) is 4.79 Å². The summed E-state index contributed by atoms with van der Waals surface area (Å²) in [5, 5.41) is 1.75. The largest absolute Gasteiger partial charge is 0.465 e. The molecule has 1 aromatic heterocycles. The number of ether oxygens (including phenoxy) is 1. The fourth-order valence-corrected chi connectivity index (χ4v) is 1.58. The van der Waals surface area contributed by atoms with Crippen molar-refractivity contribution >= 4 is 35.4 Å². The maximum Gasteiger partial charge on any atom is 0.350 e. The van der Waals surface area contributed by atoms with Gasteiger partial charge >= 0.3 is 5.97 Å². The van der Waals surface area contributed by atoms with Crippen molar-refractivity contribution in [2.24, 2.45) is 4.36 Å². The number of methoxy groups -OCH3 is 1. The van der Waals surface area contributed by atoms with Gasteiger partial charge < -0.3 is 4.74 Å². The van der Waals surface area contributed by atoms with E-state index in [9.17, 15) is 4.79 Å². The van der Waals surface area contributed by atoms with Crippen LogP contribution in [0.4, 0.5) is 5.69 Å². The predicted molar refractivity (Wildman–Crippen MR) is 45.1 cm³/mol. The van der Waals surface area contributed by atoms with Crippen LogP contribution in [0, 0.1) is 0 Å². The summed E-state index contributed by atoms with van der Waals surface area (Å²) < 4.78 is 7.99. The maximum absolute atomic E-state index is 10.9. The molecule has 1 rings (SSSR count). The molecule has 0 radical (unpaired) electrons. The average molecular weight is 187 g/mol. The van der Waals surface area contributed by atoms with Crippen molar-refractivity contribution in [2.45, 2.75) is 0 Å². The van der Waals surface area contributed by atoms with Gasteiger partial charge in [-0.05, 0) is 11.4 Å². The van der Waals surface area contributed by atoms with Crippen LogP contribution in [-0.4, -0.2) is 13.1 Å². The molecule has 0 aliphatic rings. The zero-order valence-corrected chi connectivity index (χ0v) is 7.37. The van der Waals surface area contributed by atoms with E-state index in [1.165, 1.54) is 18.4 Å². The van der Waals surface area contributed by atoms with Gasteiger partial charge in [-0.3, -0.25) is 0 Å². The summed E-state index contributed by atoms with van der Waals surface area (Å²) in [5.74, 6) is -0.386. The molecule has 0 aliphatic heterocycles. The first-order valence-electron chi connectivity index (χ1n) is 2.78. The van der Waals surface area contributed by atoms with Gasteiger partial charge in [0.2, 0.25) is 0 Å². The van der Waals surface area contributed by atoms with Crippen molar-refractivity contribution in [3.05, 3.63) is 16.3 Å². The third-order valence-corrected chi connectivity index (χ3v) is 2.19. The van der Waals surface area contributed by atoms with E-state index in [0.29, 0.717) is 10.6 Å².